The molecule has 2 aliphatic heterocycles. The summed E-state index contributed by atoms with van der Waals surface area (Å²) in [5.74, 6) is -3.70. The van der Waals surface area contributed by atoms with Crippen LogP contribution in [0.3, 0.4) is 0 Å². The number of hydrogen-bond donors (Lipinski definition) is 2. The average molecular weight is 264 g/mol. The number of carbonyl (C=O) groups is 3. The third-order valence-corrected chi connectivity index (χ3v) is 3.01. The van der Waals surface area contributed by atoms with Crippen molar-refractivity contribution < 1.29 is 21.2 Å². The van der Waals surface area contributed by atoms with Gasteiger partial charge >= 0.3 is 0 Å². The maximum atomic E-state index is 12.6. The molecule has 6 nitrogen and oxygen atoms in total. The number of nitrogens with zero attached hydrogens (tertiary/aromatic N) is 1. The smallest absolute Gasteiger partial charge is 0.255 e. The van der Waals surface area contributed by atoms with Crippen LogP contribution in [0.15, 0.2) is 18.2 Å². The lowest BCUT2D eigenvalue weighted by Crippen LogP contribution is -2.52. The Kier molecular flexibility index (Phi) is 1.56. The first-order valence-corrected chi connectivity index (χ1v) is 5.51. The topological polar surface area (TPSA) is 92.5 Å². The van der Waals surface area contributed by atoms with E-state index in [2.05, 4.69) is 0 Å². The SMILES string of the molecule is [2H]C1([2H])C(=O)NC(=O)C([2H])(N2Cc3c(N)cccc3C2=O)C1([2H])[2H]. The fourth-order valence-corrected chi connectivity index (χ4v) is 2.09. The largest absolute Gasteiger partial charge is 0.398 e. The monoisotopic (exact) mass is 264 g/mol. The summed E-state index contributed by atoms with van der Waals surface area (Å²) in [6, 6.07) is 1.48. The van der Waals surface area contributed by atoms with Gasteiger partial charge in [-0.25, -0.2) is 0 Å². The number of benzene rings is 1. The van der Waals surface area contributed by atoms with E-state index in [1.54, 1.807) is 5.32 Å². The normalized spacial score (nSPS) is 35.5. The molecule has 0 radical (unpaired) electrons. The van der Waals surface area contributed by atoms with Gasteiger partial charge in [0.2, 0.25) is 11.8 Å². The zero-order valence-corrected chi connectivity index (χ0v) is 9.69. The third kappa shape index (κ3) is 1.76. The van der Waals surface area contributed by atoms with Gasteiger partial charge in [-0.05, 0) is 18.5 Å². The van der Waals surface area contributed by atoms with E-state index < -0.39 is 36.5 Å². The maximum absolute atomic E-state index is 12.6. The maximum Gasteiger partial charge on any atom is 0.255 e. The van der Waals surface area contributed by atoms with Gasteiger partial charge in [0.05, 0.1) is 1.37 Å². The molecule has 0 bridgehead atoms. The molecule has 2 heterocycles. The summed E-state index contributed by atoms with van der Waals surface area (Å²) in [5, 5.41) is 1.65. The number of nitrogens with two attached hydrogens (primary N) is 1. The number of imide groups is 1. The lowest BCUT2D eigenvalue weighted by atomic mass is 10.0. The molecule has 1 saturated heterocycles. The van der Waals surface area contributed by atoms with E-state index in [0.29, 0.717) is 10.5 Å². The van der Waals surface area contributed by atoms with E-state index in [-0.39, 0.29) is 17.8 Å². The second kappa shape index (κ2) is 4.08. The first-order valence-electron chi connectivity index (χ1n) is 8.01. The summed E-state index contributed by atoms with van der Waals surface area (Å²) >= 11 is 0. The Morgan fingerprint density at radius 1 is 1.42 bits per heavy atom. The number of rotatable bonds is 1. The van der Waals surface area contributed by atoms with Crippen LogP contribution in [0.5, 0.6) is 0 Å². The fraction of sp³-hybridized carbons (Fsp3) is 0.308. The van der Waals surface area contributed by atoms with Crippen molar-refractivity contribution in [2.45, 2.75) is 25.3 Å². The van der Waals surface area contributed by atoms with Crippen LogP contribution < -0.4 is 11.1 Å². The number of anilines is 1. The molecular weight excluding hydrogens is 246 g/mol. The minimum atomic E-state index is -3.27. The summed E-state index contributed by atoms with van der Waals surface area (Å²) < 4.78 is 39.6. The van der Waals surface area contributed by atoms with Gasteiger partial charge in [0.25, 0.3) is 5.91 Å². The Morgan fingerprint density at radius 2 is 2.21 bits per heavy atom. The number of fused-ring (bicyclic) bond motifs is 1. The van der Waals surface area contributed by atoms with Crippen LogP contribution >= 0.6 is 0 Å². The Labute approximate surface area is 116 Å². The standard InChI is InChI=1S/C13H13N3O3/c14-9-3-1-2-7-8(9)6-16(13(7)19)10-4-5-11(17)15-12(10)18/h1-3,10H,4-6,14H2,(H,15,17,18)/i4D2,5D2,10D. The lowest BCUT2D eigenvalue weighted by Gasteiger charge is -2.29. The molecule has 0 aromatic heterocycles. The second-order valence-electron chi connectivity index (χ2n) is 4.15. The van der Waals surface area contributed by atoms with E-state index >= 15 is 0 Å². The van der Waals surface area contributed by atoms with Crippen molar-refractivity contribution in [1.82, 2.24) is 10.2 Å². The van der Waals surface area contributed by atoms with Gasteiger partial charge in [-0.15, -0.1) is 0 Å². The number of piperidine rings is 1. The van der Waals surface area contributed by atoms with Crippen LogP contribution in [-0.2, 0) is 16.1 Å². The van der Waals surface area contributed by atoms with Gasteiger partial charge in [-0.2, -0.15) is 0 Å². The van der Waals surface area contributed by atoms with Gasteiger partial charge in [0, 0.05) is 35.2 Å². The Hall–Kier alpha value is -2.37. The average Bonchev–Trinajstić information content (AvgIpc) is 2.84. The summed E-state index contributed by atoms with van der Waals surface area (Å²) in [6.45, 7) is -0.332. The van der Waals surface area contributed by atoms with Crippen LogP contribution in [0.1, 0.15) is 35.5 Å². The molecule has 0 aliphatic carbocycles. The molecule has 3 amide bonds. The summed E-state index contributed by atoms with van der Waals surface area (Å²) in [5.41, 5.74) is 6.47. The van der Waals surface area contributed by atoms with Crippen molar-refractivity contribution in [3.63, 3.8) is 0 Å². The quantitative estimate of drug-likeness (QED) is 0.553. The van der Waals surface area contributed by atoms with Crippen molar-refractivity contribution in [1.29, 1.82) is 0 Å². The van der Waals surface area contributed by atoms with Crippen LogP contribution in [0, 0.1) is 0 Å². The molecule has 1 unspecified atom stereocenters. The summed E-state index contributed by atoms with van der Waals surface area (Å²) in [7, 11) is 0. The number of carbonyl (C=O) groups excluding carboxylic acids is 3. The number of nitrogen functional groups attached to an aromatic ring is 1. The molecular formula is C13H13N3O3. The highest BCUT2D eigenvalue weighted by Crippen LogP contribution is 2.30. The minimum Gasteiger partial charge on any atom is -0.398 e. The molecule has 6 heteroatoms. The Balaban J connectivity index is 2.15. The number of amides is 3. The van der Waals surface area contributed by atoms with Crippen LogP contribution in [0.4, 0.5) is 5.69 Å². The van der Waals surface area contributed by atoms with Gasteiger partial charge in [-0.1, -0.05) is 6.07 Å². The van der Waals surface area contributed by atoms with Crippen molar-refractivity contribution >= 4 is 23.4 Å². The number of hydrogen-bond acceptors (Lipinski definition) is 4. The lowest BCUT2D eigenvalue weighted by molar-refractivity contribution is -0.136. The van der Waals surface area contributed by atoms with E-state index in [1.807, 2.05) is 0 Å². The van der Waals surface area contributed by atoms with Gasteiger partial charge in [0.1, 0.15) is 6.02 Å². The van der Waals surface area contributed by atoms with E-state index in [0.717, 1.165) is 0 Å². The molecule has 1 atom stereocenters. The summed E-state index contributed by atoms with van der Waals surface area (Å²) in [4.78, 5) is 37.1. The Bertz CT molecular complexity index is 797. The van der Waals surface area contributed by atoms with Gasteiger partial charge in [-0.3, -0.25) is 19.7 Å². The summed E-state index contributed by atoms with van der Waals surface area (Å²) in [6.07, 6.45) is -6.45. The van der Waals surface area contributed by atoms with Crippen molar-refractivity contribution in [3.05, 3.63) is 29.3 Å². The third-order valence-electron chi connectivity index (χ3n) is 3.01. The van der Waals surface area contributed by atoms with Crippen molar-refractivity contribution in [3.8, 4) is 0 Å². The number of nitrogens with one attached hydrogen (secondary N) is 1. The first-order chi connectivity index (χ1) is 11.0. The molecule has 98 valence electrons. The van der Waals surface area contributed by atoms with E-state index in [4.69, 9.17) is 12.6 Å². The molecule has 0 saturated carbocycles. The van der Waals surface area contributed by atoms with Crippen LogP contribution in [0.25, 0.3) is 0 Å². The van der Waals surface area contributed by atoms with Gasteiger partial charge in [0.15, 0.2) is 0 Å². The van der Waals surface area contributed by atoms with E-state index in [1.165, 1.54) is 18.2 Å². The molecule has 1 aromatic rings. The highest BCUT2D eigenvalue weighted by atomic mass is 16.2. The minimum absolute atomic E-state index is 0.114. The van der Waals surface area contributed by atoms with Crippen molar-refractivity contribution in [2.75, 3.05) is 5.73 Å². The predicted octanol–water partition coefficient (Wildman–Crippen LogP) is 0.0298. The highest BCUT2D eigenvalue weighted by Gasteiger charge is 2.39. The zero-order chi connectivity index (χ0) is 18.1. The zero-order valence-electron chi connectivity index (χ0n) is 14.7. The van der Waals surface area contributed by atoms with E-state index in [9.17, 15) is 14.4 Å². The van der Waals surface area contributed by atoms with Crippen LogP contribution in [-0.4, -0.2) is 28.6 Å². The molecule has 1 fully saturated rings. The predicted molar refractivity (Wildman–Crippen MR) is 66.9 cm³/mol. The molecule has 2 aliphatic rings. The highest BCUT2D eigenvalue weighted by molar-refractivity contribution is 6.06. The fourth-order valence-electron chi connectivity index (χ4n) is 2.09. The van der Waals surface area contributed by atoms with Crippen LogP contribution in [0.2, 0.25) is 0 Å². The first kappa shape index (κ1) is 7.28. The molecule has 19 heavy (non-hydrogen) atoms. The molecule has 3 rings (SSSR count). The second-order valence-corrected chi connectivity index (χ2v) is 4.15. The molecule has 3 N–H and O–H groups in total. The van der Waals surface area contributed by atoms with Crippen molar-refractivity contribution in [2.24, 2.45) is 0 Å². The van der Waals surface area contributed by atoms with Gasteiger partial charge < -0.3 is 10.6 Å². The molecule has 1 aromatic carbocycles. The Morgan fingerprint density at radius 3 is 2.95 bits per heavy atom. The molecule has 0 spiro atoms.